The molecule has 2 aromatic carbocycles. The largest absolute Gasteiger partial charge is 0.393 e. The Hall–Kier alpha value is -2.57. The van der Waals surface area contributed by atoms with E-state index in [4.69, 9.17) is 28.9 Å². The number of aromatic nitrogens is 2. The van der Waals surface area contributed by atoms with Crippen molar-refractivity contribution in [3.63, 3.8) is 0 Å². The van der Waals surface area contributed by atoms with Crippen LogP contribution in [-0.2, 0) is 0 Å². The van der Waals surface area contributed by atoms with Crippen LogP contribution in [0.15, 0.2) is 48.8 Å². The van der Waals surface area contributed by atoms with Gasteiger partial charge in [-0.05, 0) is 30.3 Å². The summed E-state index contributed by atoms with van der Waals surface area (Å²) in [5.41, 5.74) is 7.60. The predicted octanol–water partition coefficient (Wildman–Crippen LogP) is 4.99. The highest BCUT2D eigenvalue weighted by atomic mass is 35.5. The zero-order valence-corrected chi connectivity index (χ0v) is 13.7. The number of hydrogen-bond donors (Lipinski definition) is 3. The quantitative estimate of drug-likeness (QED) is 0.608. The fourth-order valence-corrected chi connectivity index (χ4v) is 2.36. The maximum atomic E-state index is 13.2. The molecule has 0 spiro atoms. The number of para-hydroxylation sites is 1. The van der Waals surface area contributed by atoms with Gasteiger partial charge in [-0.3, -0.25) is 0 Å². The topological polar surface area (TPSA) is 75.9 Å². The van der Waals surface area contributed by atoms with Crippen LogP contribution in [0.2, 0.25) is 10.0 Å². The lowest BCUT2D eigenvalue weighted by Gasteiger charge is -2.13. The number of benzene rings is 2. The summed E-state index contributed by atoms with van der Waals surface area (Å²) in [7, 11) is 0. The zero-order valence-electron chi connectivity index (χ0n) is 12.2. The smallest absolute Gasteiger partial charge is 0.159 e. The average Bonchev–Trinajstić information content (AvgIpc) is 2.57. The molecule has 122 valence electrons. The first-order valence-electron chi connectivity index (χ1n) is 6.88. The lowest BCUT2D eigenvalue weighted by atomic mass is 10.3. The molecule has 0 aliphatic carbocycles. The van der Waals surface area contributed by atoms with Crippen LogP contribution in [0, 0.1) is 5.82 Å². The number of nitrogens with one attached hydrogen (secondary N) is 2. The highest BCUT2D eigenvalue weighted by molar-refractivity contribution is 6.33. The summed E-state index contributed by atoms with van der Waals surface area (Å²) in [6, 6.07) is 11.4. The average molecular weight is 364 g/mol. The SMILES string of the molecule is Nc1c(Nc2ccc(F)c(Cl)c2)ncnc1Nc1ccccc1Cl. The monoisotopic (exact) mass is 363 g/mol. The molecular weight excluding hydrogens is 352 g/mol. The third-order valence-electron chi connectivity index (χ3n) is 3.19. The highest BCUT2D eigenvalue weighted by Crippen LogP contribution is 2.31. The molecule has 0 fully saturated rings. The molecule has 4 N–H and O–H groups in total. The molecular formula is C16H12Cl2FN5. The van der Waals surface area contributed by atoms with Crippen LogP contribution in [-0.4, -0.2) is 9.97 Å². The van der Waals surface area contributed by atoms with E-state index in [1.165, 1.54) is 24.5 Å². The van der Waals surface area contributed by atoms with Gasteiger partial charge in [-0.15, -0.1) is 0 Å². The van der Waals surface area contributed by atoms with Crippen molar-refractivity contribution >= 4 is 51.9 Å². The summed E-state index contributed by atoms with van der Waals surface area (Å²) in [6.07, 6.45) is 1.35. The van der Waals surface area contributed by atoms with Crippen LogP contribution in [0.1, 0.15) is 0 Å². The minimum absolute atomic E-state index is 0.00189. The normalized spacial score (nSPS) is 10.5. The molecule has 3 aromatic rings. The minimum atomic E-state index is -0.501. The van der Waals surface area contributed by atoms with Crippen LogP contribution in [0.25, 0.3) is 0 Å². The highest BCUT2D eigenvalue weighted by Gasteiger charge is 2.11. The van der Waals surface area contributed by atoms with Gasteiger partial charge in [-0.2, -0.15) is 0 Å². The van der Waals surface area contributed by atoms with Crippen molar-refractivity contribution in [2.24, 2.45) is 0 Å². The van der Waals surface area contributed by atoms with Gasteiger partial charge < -0.3 is 16.4 Å². The van der Waals surface area contributed by atoms with Gasteiger partial charge in [0.15, 0.2) is 11.6 Å². The second kappa shape index (κ2) is 6.90. The van der Waals surface area contributed by atoms with E-state index in [0.717, 1.165) is 0 Å². The Kier molecular flexibility index (Phi) is 4.69. The Bertz CT molecular complexity index is 888. The second-order valence-corrected chi connectivity index (χ2v) is 5.66. The van der Waals surface area contributed by atoms with Crippen LogP contribution < -0.4 is 16.4 Å². The summed E-state index contributed by atoms with van der Waals surface area (Å²) in [5.74, 6) is 0.259. The van der Waals surface area contributed by atoms with E-state index in [9.17, 15) is 4.39 Å². The molecule has 1 heterocycles. The van der Waals surface area contributed by atoms with E-state index in [-0.39, 0.29) is 10.7 Å². The molecule has 0 radical (unpaired) electrons. The maximum Gasteiger partial charge on any atom is 0.159 e. The first-order valence-corrected chi connectivity index (χ1v) is 7.64. The van der Waals surface area contributed by atoms with Gasteiger partial charge in [-0.1, -0.05) is 35.3 Å². The van der Waals surface area contributed by atoms with Crippen LogP contribution in [0.5, 0.6) is 0 Å². The minimum Gasteiger partial charge on any atom is -0.393 e. The Balaban J connectivity index is 1.88. The Morgan fingerprint density at radius 3 is 2.33 bits per heavy atom. The van der Waals surface area contributed by atoms with Crippen LogP contribution in [0.4, 0.5) is 33.1 Å². The molecule has 0 bridgehead atoms. The van der Waals surface area contributed by atoms with Gasteiger partial charge in [0.1, 0.15) is 17.8 Å². The van der Waals surface area contributed by atoms with Gasteiger partial charge in [0, 0.05) is 5.69 Å². The van der Waals surface area contributed by atoms with Crippen molar-refractivity contribution in [1.82, 2.24) is 9.97 Å². The lowest BCUT2D eigenvalue weighted by molar-refractivity contribution is 0.628. The molecule has 8 heteroatoms. The van der Waals surface area contributed by atoms with E-state index in [1.807, 2.05) is 12.1 Å². The van der Waals surface area contributed by atoms with Gasteiger partial charge in [-0.25, -0.2) is 14.4 Å². The fraction of sp³-hybridized carbons (Fsp3) is 0. The summed E-state index contributed by atoms with van der Waals surface area (Å²) >= 11 is 11.9. The number of halogens is 3. The number of hydrogen-bond acceptors (Lipinski definition) is 5. The summed E-state index contributed by atoms with van der Waals surface area (Å²) < 4.78 is 13.2. The molecule has 0 saturated heterocycles. The Labute approximate surface area is 147 Å². The lowest BCUT2D eigenvalue weighted by Crippen LogP contribution is -2.05. The molecule has 0 saturated carbocycles. The van der Waals surface area contributed by atoms with E-state index < -0.39 is 5.82 Å². The third-order valence-corrected chi connectivity index (χ3v) is 3.81. The van der Waals surface area contributed by atoms with Crippen molar-refractivity contribution < 1.29 is 4.39 Å². The number of nitrogen functional groups attached to an aromatic ring is 1. The maximum absolute atomic E-state index is 13.2. The summed E-state index contributed by atoms with van der Waals surface area (Å²) in [4.78, 5) is 8.21. The molecule has 0 amide bonds. The standard InChI is InChI=1S/C16H12Cl2FN5/c17-10-3-1-2-4-13(10)24-16-14(20)15(21-8-22-16)23-9-5-6-12(19)11(18)7-9/h1-8H,20H2,(H2,21,22,23,24). The first-order chi connectivity index (χ1) is 11.5. The third kappa shape index (κ3) is 3.50. The summed E-state index contributed by atoms with van der Waals surface area (Å²) in [6.45, 7) is 0. The van der Waals surface area contributed by atoms with E-state index in [1.54, 1.807) is 12.1 Å². The molecule has 3 rings (SSSR count). The van der Waals surface area contributed by atoms with E-state index in [2.05, 4.69) is 20.6 Å². The van der Waals surface area contributed by atoms with Crippen LogP contribution in [0.3, 0.4) is 0 Å². The van der Waals surface area contributed by atoms with Crippen molar-refractivity contribution in [2.45, 2.75) is 0 Å². The van der Waals surface area contributed by atoms with Crippen molar-refractivity contribution in [1.29, 1.82) is 0 Å². The molecule has 0 aliphatic rings. The molecule has 24 heavy (non-hydrogen) atoms. The molecule has 1 aromatic heterocycles. The Morgan fingerprint density at radius 2 is 1.62 bits per heavy atom. The number of nitrogens with two attached hydrogens (primary N) is 1. The van der Waals surface area contributed by atoms with E-state index in [0.29, 0.717) is 28.0 Å². The van der Waals surface area contributed by atoms with Crippen molar-refractivity contribution in [3.8, 4) is 0 Å². The Morgan fingerprint density at radius 1 is 0.917 bits per heavy atom. The van der Waals surface area contributed by atoms with E-state index >= 15 is 0 Å². The molecule has 0 aliphatic heterocycles. The number of rotatable bonds is 4. The number of anilines is 5. The van der Waals surface area contributed by atoms with Crippen molar-refractivity contribution in [3.05, 3.63) is 64.7 Å². The van der Waals surface area contributed by atoms with Gasteiger partial charge >= 0.3 is 0 Å². The molecule has 0 unspecified atom stereocenters. The van der Waals surface area contributed by atoms with Crippen LogP contribution >= 0.6 is 23.2 Å². The van der Waals surface area contributed by atoms with Gasteiger partial charge in [0.2, 0.25) is 0 Å². The fourth-order valence-electron chi connectivity index (χ4n) is 2.00. The second-order valence-electron chi connectivity index (χ2n) is 4.84. The first kappa shape index (κ1) is 16.3. The van der Waals surface area contributed by atoms with Crippen molar-refractivity contribution in [2.75, 3.05) is 16.4 Å². The molecule has 0 atom stereocenters. The van der Waals surface area contributed by atoms with Gasteiger partial charge in [0.25, 0.3) is 0 Å². The summed E-state index contributed by atoms with van der Waals surface area (Å²) in [5, 5.41) is 6.57. The zero-order chi connectivity index (χ0) is 17.1. The van der Waals surface area contributed by atoms with Gasteiger partial charge in [0.05, 0.1) is 15.7 Å². The predicted molar refractivity (Wildman–Crippen MR) is 95.9 cm³/mol. The molecule has 5 nitrogen and oxygen atoms in total. The number of nitrogens with zero attached hydrogens (tertiary/aromatic N) is 2.